The van der Waals surface area contributed by atoms with Crippen molar-refractivity contribution in [1.82, 2.24) is 5.32 Å². The number of amides is 2. The standard InChI is InChI=1S/C20H23N3O4/c1-26-17-8-7-13(11-18(17)27-10-4-9-21)20(25)23-16-12-19(24)22-15-6-3-2-5-14(15)16/h2-3,5-8,11,16H,4,9-10,12,21H2,1H3,(H,22,24)(H,23,25)/t16-/m0/s1. The molecule has 1 aliphatic rings. The third-order valence-corrected chi connectivity index (χ3v) is 4.34. The number of anilines is 1. The fourth-order valence-corrected chi connectivity index (χ4v) is 2.98. The van der Waals surface area contributed by atoms with Gasteiger partial charge >= 0.3 is 0 Å². The van der Waals surface area contributed by atoms with Crippen molar-refractivity contribution >= 4 is 17.5 Å². The zero-order chi connectivity index (χ0) is 19.2. The van der Waals surface area contributed by atoms with Crippen LogP contribution in [0.25, 0.3) is 0 Å². The van der Waals surface area contributed by atoms with Crippen molar-refractivity contribution in [2.24, 2.45) is 5.73 Å². The van der Waals surface area contributed by atoms with Gasteiger partial charge in [-0.2, -0.15) is 0 Å². The van der Waals surface area contributed by atoms with Gasteiger partial charge in [0.15, 0.2) is 11.5 Å². The van der Waals surface area contributed by atoms with Crippen LogP contribution in [0.15, 0.2) is 42.5 Å². The molecule has 2 amide bonds. The topological polar surface area (TPSA) is 103 Å². The Hall–Kier alpha value is -3.06. The molecule has 1 heterocycles. The molecule has 4 N–H and O–H groups in total. The van der Waals surface area contributed by atoms with E-state index in [-0.39, 0.29) is 24.3 Å². The molecule has 142 valence electrons. The molecule has 0 spiro atoms. The number of nitrogens with two attached hydrogens (primary N) is 1. The van der Waals surface area contributed by atoms with Gasteiger partial charge in [0.1, 0.15) is 0 Å². The summed E-state index contributed by atoms with van der Waals surface area (Å²) in [5.74, 6) is 0.627. The Morgan fingerprint density at radius 2 is 2.07 bits per heavy atom. The number of benzene rings is 2. The molecule has 0 bridgehead atoms. The molecule has 0 saturated carbocycles. The van der Waals surface area contributed by atoms with Gasteiger partial charge in [-0.05, 0) is 42.8 Å². The Balaban J connectivity index is 1.78. The summed E-state index contributed by atoms with van der Waals surface area (Å²) in [6.45, 7) is 0.958. The van der Waals surface area contributed by atoms with Crippen LogP contribution in [0.2, 0.25) is 0 Å². The number of carbonyl (C=O) groups is 2. The van der Waals surface area contributed by atoms with E-state index in [1.165, 1.54) is 0 Å². The lowest BCUT2D eigenvalue weighted by molar-refractivity contribution is -0.116. The highest BCUT2D eigenvalue weighted by molar-refractivity contribution is 5.98. The lowest BCUT2D eigenvalue weighted by atomic mass is 9.97. The quantitative estimate of drug-likeness (QED) is 0.650. The zero-order valence-corrected chi connectivity index (χ0v) is 15.2. The smallest absolute Gasteiger partial charge is 0.251 e. The molecular formula is C20H23N3O4. The number of methoxy groups -OCH3 is 1. The number of para-hydroxylation sites is 1. The van der Waals surface area contributed by atoms with Crippen LogP contribution in [0.5, 0.6) is 11.5 Å². The van der Waals surface area contributed by atoms with Gasteiger partial charge in [0.25, 0.3) is 5.91 Å². The molecule has 0 aliphatic carbocycles. The molecule has 2 aromatic rings. The summed E-state index contributed by atoms with van der Waals surface area (Å²) in [6.07, 6.45) is 0.895. The molecule has 2 aromatic carbocycles. The average molecular weight is 369 g/mol. The van der Waals surface area contributed by atoms with E-state index in [0.717, 1.165) is 11.3 Å². The van der Waals surface area contributed by atoms with E-state index in [0.29, 0.717) is 36.6 Å². The molecule has 0 radical (unpaired) electrons. The molecule has 0 aromatic heterocycles. The normalized spacial score (nSPS) is 15.5. The second-order valence-corrected chi connectivity index (χ2v) is 6.22. The maximum Gasteiger partial charge on any atom is 0.251 e. The monoisotopic (exact) mass is 369 g/mol. The van der Waals surface area contributed by atoms with Gasteiger partial charge in [0.2, 0.25) is 5.91 Å². The largest absolute Gasteiger partial charge is 0.493 e. The summed E-state index contributed by atoms with van der Waals surface area (Å²) in [5, 5.41) is 5.76. The first kappa shape index (κ1) is 18.7. The zero-order valence-electron chi connectivity index (χ0n) is 15.2. The van der Waals surface area contributed by atoms with Crippen molar-refractivity contribution in [3.63, 3.8) is 0 Å². The Kier molecular flexibility index (Phi) is 5.93. The van der Waals surface area contributed by atoms with Crippen LogP contribution >= 0.6 is 0 Å². The Bertz CT molecular complexity index is 838. The van der Waals surface area contributed by atoms with Gasteiger partial charge in [0, 0.05) is 11.3 Å². The van der Waals surface area contributed by atoms with Crippen LogP contribution in [0.3, 0.4) is 0 Å². The summed E-state index contributed by atoms with van der Waals surface area (Å²) < 4.78 is 11.0. The van der Waals surface area contributed by atoms with Crippen molar-refractivity contribution in [3.05, 3.63) is 53.6 Å². The predicted octanol–water partition coefficient (Wildman–Crippen LogP) is 2.24. The number of fused-ring (bicyclic) bond motifs is 1. The van der Waals surface area contributed by atoms with E-state index >= 15 is 0 Å². The number of ether oxygens (including phenoxy) is 2. The summed E-state index contributed by atoms with van der Waals surface area (Å²) in [7, 11) is 1.54. The molecule has 0 fully saturated rings. The van der Waals surface area contributed by atoms with E-state index < -0.39 is 0 Å². The molecule has 3 rings (SSSR count). The summed E-state index contributed by atoms with van der Waals surface area (Å²) in [6, 6.07) is 12.1. The Morgan fingerprint density at radius 1 is 1.26 bits per heavy atom. The Labute approximate surface area is 157 Å². The van der Waals surface area contributed by atoms with Crippen LogP contribution in [0.1, 0.15) is 34.8 Å². The molecule has 0 unspecified atom stereocenters. The SMILES string of the molecule is COc1ccc(C(=O)N[C@H]2CC(=O)Nc3ccccc32)cc1OCCCN. The number of rotatable bonds is 7. The molecule has 7 nitrogen and oxygen atoms in total. The number of nitrogens with one attached hydrogen (secondary N) is 2. The van der Waals surface area contributed by atoms with Crippen LogP contribution in [-0.2, 0) is 4.79 Å². The van der Waals surface area contributed by atoms with Gasteiger partial charge in [-0.25, -0.2) is 0 Å². The third kappa shape index (κ3) is 4.38. The number of hydrogen-bond acceptors (Lipinski definition) is 5. The highest BCUT2D eigenvalue weighted by Gasteiger charge is 2.26. The molecule has 27 heavy (non-hydrogen) atoms. The van der Waals surface area contributed by atoms with Crippen molar-refractivity contribution < 1.29 is 19.1 Å². The van der Waals surface area contributed by atoms with Gasteiger partial charge in [-0.1, -0.05) is 18.2 Å². The summed E-state index contributed by atoms with van der Waals surface area (Å²) in [5.41, 5.74) is 7.53. The highest BCUT2D eigenvalue weighted by atomic mass is 16.5. The fourth-order valence-electron chi connectivity index (χ4n) is 2.98. The maximum absolute atomic E-state index is 12.8. The van der Waals surface area contributed by atoms with E-state index in [9.17, 15) is 9.59 Å². The van der Waals surface area contributed by atoms with Gasteiger partial charge in [-0.15, -0.1) is 0 Å². The van der Waals surface area contributed by atoms with Crippen molar-refractivity contribution in [2.45, 2.75) is 18.9 Å². The fraction of sp³-hybridized carbons (Fsp3) is 0.300. The first-order chi connectivity index (χ1) is 13.1. The number of carbonyl (C=O) groups excluding carboxylic acids is 2. The first-order valence-corrected chi connectivity index (χ1v) is 8.83. The van der Waals surface area contributed by atoms with E-state index in [1.54, 1.807) is 25.3 Å². The van der Waals surface area contributed by atoms with Crippen LogP contribution < -0.4 is 25.8 Å². The average Bonchev–Trinajstić information content (AvgIpc) is 2.68. The first-order valence-electron chi connectivity index (χ1n) is 8.83. The lowest BCUT2D eigenvalue weighted by Crippen LogP contribution is -2.35. The molecule has 1 atom stereocenters. The lowest BCUT2D eigenvalue weighted by Gasteiger charge is -2.26. The van der Waals surface area contributed by atoms with Gasteiger partial charge < -0.3 is 25.8 Å². The van der Waals surface area contributed by atoms with Crippen LogP contribution in [0.4, 0.5) is 5.69 Å². The Morgan fingerprint density at radius 3 is 2.85 bits per heavy atom. The summed E-state index contributed by atoms with van der Waals surface area (Å²) in [4.78, 5) is 24.7. The number of hydrogen-bond donors (Lipinski definition) is 3. The van der Waals surface area contributed by atoms with Crippen LogP contribution in [0, 0.1) is 0 Å². The van der Waals surface area contributed by atoms with Crippen molar-refractivity contribution in [3.8, 4) is 11.5 Å². The minimum absolute atomic E-state index is 0.125. The molecule has 1 aliphatic heterocycles. The van der Waals surface area contributed by atoms with E-state index in [2.05, 4.69) is 10.6 Å². The minimum atomic E-state index is -0.383. The molecule has 0 saturated heterocycles. The van der Waals surface area contributed by atoms with E-state index in [1.807, 2.05) is 24.3 Å². The summed E-state index contributed by atoms with van der Waals surface area (Å²) >= 11 is 0. The van der Waals surface area contributed by atoms with E-state index in [4.69, 9.17) is 15.2 Å². The predicted molar refractivity (Wildman–Crippen MR) is 102 cm³/mol. The minimum Gasteiger partial charge on any atom is -0.493 e. The third-order valence-electron chi connectivity index (χ3n) is 4.34. The second kappa shape index (κ2) is 8.55. The van der Waals surface area contributed by atoms with Crippen molar-refractivity contribution in [1.29, 1.82) is 0 Å². The molecule has 7 heteroatoms. The highest BCUT2D eigenvalue weighted by Crippen LogP contribution is 2.31. The maximum atomic E-state index is 12.8. The van der Waals surface area contributed by atoms with Gasteiger partial charge in [0.05, 0.1) is 26.2 Å². The second-order valence-electron chi connectivity index (χ2n) is 6.22. The van der Waals surface area contributed by atoms with Crippen molar-refractivity contribution in [2.75, 3.05) is 25.6 Å². The van der Waals surface area contributed by atoms with Gasteiger partial charge in [-0.3, -0.25) is 9.59 Å². The molecular weight excluding hydrogens is 346 g/mol. The van der Waals surface area contributed by atoms with Crippen LogP contribution in [-0.4, -0.2) is 32.1 Å².